The number of aliphatic hydroxyl groups is 1. The fourth-order valence-electron chi connectivity index (χ4n) is 3.96. The van der Waals surface area contributed by atoms with E-state index in [1.54, 1.807) is 0 Å². The second-order valence-electron chi connectivity index (χ2n) is 8.12. The van der Waals surface area contributed by atoms with Gasteiger partial charge in [-0.05, 0) is 39.0 Å². The highest BCUT2D eigenvalue weighted by molar-refractivity contribution is 5.76. The normalized spacial score (nSPS) is 18.9. The highest BCUT2D eigenvalue weighted by Crippen LogP contribution is 2.30. The number of nitrogens with zero attached hydrogens (tertiary/aromatic N) is 2. The summed E-state index contributed by atoms with van der Waals surface area (Å²) in [4.78, 5) is 21.4. The first kappa shape index (κ1) is 20.9. The Hall–Kier alpha value is -3.31. The van der Waals surface area contributed by atoms with Crippen molar-refractivity contribution in [3.8, 4) is 22.6 Å². The molecule has 1 aliphatic heterocycles. The molecule has 5 heteroatoms. The van der Waals surface area contributed by atoms with Crippen LogP contribution in [0.25, 0.3) is 28.7 Å². The van der Waals surface area contributed by atoms with Crippen LogP contribution in [0.5, 0.6) is 0 Å². The standard InChI is InChI=1S/C26H26N2O3/c1-16-11-17(2)13-20(12-16)25-23(10-9-22-14-21(29)15-24(30)31-22)18(3)27-26(28-25)19-7-5-4-6-8-19/h4-13,21-22,29H,14-15H2,1-3H3/b10-9+/t21-,22-/m0/s1. The molecule has 5 nitrogen and oxygen atoms in total. The molecule has 0 unspecified atom stereocenters. The van der Waals surface area contributed by atoms with E-state index in [9.17, 15) is 9.90 Å². The van der Waals surface area contributed by atoms with Crippen LogP contribution >= 0.6 is 0 Å². The molecule has 2 heterocycles. The first-order chi connectivity index (χ1) is 14.9. The van der Waals surface area contributed by atoms with Crippen LogP contribution in [0.1, 0.15) is 35.2 Å². The number of carbonyl (C=O) groups is 1. The highest BCUT2D eigenvalue weighted by atomic mass is 16.5. The van der Waals surface area contributed by atoms with Crippen LogP contribution in [0.2, 0.25) is 0 Å². The van der Waals surface area contributed by atoms with E-state index in [1.165, 1.54) is 0 Å². The lowest BCUT2D eigenvalue weighted by Crippen LogP contribution is -2.31. The van der Waals surface area contributed by atoms with E-state index in [0.717, 1.165) is 39.2 Å². The van der Waals surface area contributed by atoms with E-state index in [0.29, 0.717) is 12.2 Å². The molecule has 1 fully saturated rings. The average molecular weight is 415 g/mol. The number of hydrogen-bond donors (Lipinski definition) is 1. The van der Waals surface area contributed by atoms with Gasteiger partial charge in [0, 0.05) is 28.8 Å². The van der Waals surface area contributed by atoms with Gasteiger partial charge in [0.25, 0.3) is 0 Å². The third kappa shape index (κ3) is 4.89. The highest BCUT2D eigenvalue weighted by Gasteiger charge is 2.25. The maximum Gasteiger partial charge on any atom is 0.309 e. The third-order valence-corrected chi connectivity index (χ3v) is 5.33. The molecule has 2 aromatic carbocycles. The number of aryl methyl sites for hydroxylation is 3. The van der Waals surface area contributed by atoms with Gasteiger partial charge < -0.3 is 9.84 Å². The van der Waals surface area contributed by atoms with Crippen molar-refractivity contribution in [3.63, 3.8) is 0 Å². The van der Waals surface area contributed by atoms with Crippen molar-refractivity contribution in [1.29, 1.82) is 0 Å². The van der Waals surface area contributed by atoms with Gasteiger partial charge in [-0.25, -0.2) is 9.97 Å². The molecule has 158 valence electrons. The molecule has 0 bridgehead atoms. The second-order valence-corrected chi connectivity index (χ2v) is 8.12. The van der Waals surface area contributed by atoms with Gasteiger partial charge in [0.15, 0.2) is 5.82 Å². The Morgan fingerprint density at radius 1 is 1.00 bits per heavy atom. The van der Waals surface area contributed by atoms with Crippen LogP contribution in [0.4, 0.5) is 0 Å². The molecular weight excluding hydrogens is 388 g/mol. The first-order valence-corrected chi connectivity index (χ1v) is 10.5. The van der Waals surface area contributed by atoms with Crippen LogP contribution < -0.4 is 0 Å². The van der Waals surface area contributed by atoms with Crippen molar-refractivity contribution in [2.75, 3.05) is 0 Å². The molecule has 0 saturated carbocycles. The Balaban J connectivity index is 1.81. The van der Waals surface area contributed by atoms with Gasteiger partial charge in [0.05, 0.1) is 18.2 Å². The lowest BCUT2D eigenvalue weighted by molar-refractivity contribution is -0.156. The Labute approximate surface area is 182 Å². The zero-order chi connectivity index (χ0) is 22.0. The Morgan fingerprint density at radius 2 is 1.71 bits per heavy atom. The van der Waals surface area contributed by atoms with E-state index < -0.39 is 12.2 Å². The van der Waals surface area contributed by atoms with E-state index >= 15 is 0 Å². The first-order valence-electron chi connectivity index (χ1n) is 10.5. The van der Waals surface area contributed by atoms with Gasteiger partial charge >= 0.3 is 5.97 Å². The zero-order valence-corrected chi connectivity index (χ0v) is 18.0. The number of cyclic esters (lactones) is 1. The predicted molar refractivity (Wildman–Crippen MR) is 121 cm³/mol. The van der Waals surface area contributed by atoms with E-state index in [2.05, 4.69) is 32.0 Å². The molecule has 1 N–H and O–H groups in total. The van der Waals surface area contributed by atoms with Gasteiger partial charge in [-0.3, -0.25) is 4.79 Å². The van der Waals surface area contributed by atoms with Crippen LogP contribution in [0.15, 0.2) is 54.6 Å². The number of hydrogen-bond acceptors (Lipinski definition) is 5. The van der Waals surface area contributed by atoms with Crippen molar-refractivity contribution in [2.45, 2.75) is 45.8 Å². The van der Waals surface area contributed by atoms with Crippen LogP contribution in [0.3, 0.4) is 0 Å². The maximum atomic E-state index is 11.7. The van der Waals surface area contributed by atoms with Gasteiger partial charge in [0.2, 0.25) is 0 Å². The SMILES string of the molecule is Cc1cc(C)cc(-c2nc(-c3ccccc3)nc(C)c2/C=C/[C@H]2C[C@H](O)CC(=O)O2)c1. The lowest BCUT2D eigenvalue weighted by atomic mass is 9.98. The Morgan fingerprint density at radius 3 is 2.39 bits per heavy atom. The van der Waals surface area contributed by atoms with E-state index in [-0.39, 0.29) is 12.4 Å². The molecule has 0 spiro atoms. The van der Waals surface area contributed by atoms with Gasteiger partial charge in [-0.2, -0.15) is 0 Å². The molecule has 2 atom stereocenters. The molecule has 3 aromatic rings. The minimum Gasteiger partial charge on any atom is -0.458 e. The van der Waals surface area contributed by atoms with Crippen molar-refractivity contribution in [1.82, 2.24) is 9.97 Å². The molecular formula is C26H26N2O3. The quantitative estimate of drug-likeness (QED) is 0.620. The second kappa shape index (κ2) is 8.82. The molecule has 1 aliphatic rings. The van der Waals surface area contributed by atoms with Crippen molar-refractivity contribution in [3.05, 3.63) is 77.0 Å². The Kier molecular flexibility index (Phi) is 5.96. The van der Waals surface area contributed by atoms with Gasteiger partial charge in [0.1, 0.15) is 6.10 Å². The van der Waals surface area contributed by atoms with Crippen LogP contribution in [-0.4, -0.2) is 33.3 Å². The number of rotatable bonds is 4. The summed E-state index contributed by atoms with van der Waals surface area (Å²) in [5, 5.41) is 9.90. The fourth-order valence-corrected chi connectivity index (χ4v) is 3.96. The summed E-state index contributed by atoms with van der Waals surface area (Å²) in [6, 6.07) is 16.3. The lowest BCUT2D eigenvalue weighted by Gasteiger charge is -2.23. The van der Waals surface area contributed by atoms with Crippen LogP contribution in [-0.2, 0) is 9.53 Å². The summed E-state index contributed by atoms with van der Waals surface area (Å²) >= 11 is 0. The summed E-state index contributed by atoms with van der Waals surface area (Å²) in [6.07, 6.45) is 3.03. The summed E-state index contributed by atoms with van der Waals surface area (Å²) in [7, 11) is 0. The summed E-state index contributed by atoms with van der Waals surface area (Å²) in [5.41, 5.74) is 6.83. The van der Waals surface area contributed by atoms with E-state index in [1.807, 2.05) is 49.4 Å². The predicted octanol–water partition coefficient (Wildman–Crippen LogP) is 4.82. The van der Waals surface area contributed by atoms with Crippen molar-refractivity contribution < 1.29 is 14.6 Å². The number of ether oxygens (including phenoxy) is 1. The van der Waals surface area contributed by atoms with Gasteiger partial charge in [-0.1, -0.05) is 53.6 Å². The smallest absolute Gasteiger partial charge is 0.309 e. The maximum absolute atomic E-state index is 11.7. The molecule has 1 saturated heterocycles. The fraction of sp³-hybridized carbons (Fsp3) is 0.269. The van der Waals surface area contributed by atoms with Crippen LogP contribution in [0, 0.1) is 20.8 Å². The molecule has 4 rings (SSSR count). The zero-order valence-electron chi connectivity index (χ0n) is 18.0. The van der Waals surface area contributed by atoms with Crippen molar-refractivity contribution in [2.24, 2.45) is 0 Å². The largest absolute Gasteiger partial charge is 0.458 e. The summed E-state index contributed by atoms with van der Waals surface area (Å²) < 4.78 is 5.37. The summed E-state index contributed by atoms with van der Waals surface area (Å²) in [6.45, 7) is 6.10. The Bertz CT molecular complexity index is 1120. The minimum atomic E-state index is -0.674. The number of carbonyl (C=O) groups excluding carboxylic acids is 1. The molecule has 0 amide bonds. The average Bonchev–Trinajstić information content (AvgIpc) is 2.71. The monoisotopic (exact) mass is 414 g/mol. The molecule has 1 aromatic heterocycles. The topological polar surface area (TPSA) is 72.3 Å². The molecule has 31 heavy (non-hydrogen) atoms. The minimum absolute atomic E-state index is 0.0477. The summed E-state index contributed by atoms with van der Waals surface area (Å²) in [5.74, 6) is 0.291. The number of aliphatic hydroxyl groups excluding tert-OH is 1. The number of aromatic nitrogens is 2. The van der Waals surface area contributed by atoms with Gasteiger partial charge in [-0.15, -0.1) is 0 Å². The third-order valence-electron chi connectivity index (χ3n) is 5.33. The molecule has 0 aliphatic carbocycles. The number of esters is 1. The van der Waals surface area contributed by atoms with Crippen molar-refractivity contribution >= 4 is 12.0 Å². The number of benzene rings is 2. The molecule has 0 radical (unpaired) electrons. The van der Waals surface area contributed by atoms with E-state index in [4.69, 9.17) is 14.7 Å².